The van der Waals surface area contributed by atoms with Crippen molar-refractivity contribution in [3.05, 3.63) is 24.5 Å². The predicted octanol–water partition coefficient (Wildman–Crippen LogP) is 2.53. The first kappa shape index (κ1) is 9.33. The molecule has 2 heteroatoms. The van der Waals surface area contributed by atoms with Gasteiger partial charge < -0.3 is 10.3 Å². The van der Waals surface area contributed by atoms with Crippen LogP contribution < -0.4 is 5.73 Å². The summed E-state index contributed by atoms with van der Waals surface area (Å²) in [6, 6.07) is 4.03. The fourth-order valence-corrected chi connectivity index (χ4v) is 1.32. The third kappa shape index (κ3) is 2.70. The molecule has 1 aromatic rings. The van der Waals surface area contributed by atoms with Crippen LogP contribution >= 0.6 is 0 Å². The molecular weight excluding hydrogens is 148 g/mol. The van der Waals surface area contributed by atoms with Crippen molar-refractivity contribution in [3.63, 3.8) is 0 Å². The molecule has 0 saturated heterocycles. The van der Waals surface area contributed by atoms with Crippen LogP contribution in [0, 0.1) is 0 Å². The molecule has 0 saturated carbocycles. The van der Waals surface area contributed by atoms with Gasteiger partial charge in [0.1, 0.15) is 0 Å². The van der Waals surface area contributed by atoms with Gasteiger partial charge >= 0.3 is 0 Å². The Morgan fingerprint density at radius 3 is 2.50 bits per heavy atom. The van der Waals surface area contributed by atoms with Crippen LogP contribution in [0.25, 0.3) is 0 Å². The van der Waals surface area contributed by atoms with E-state index in [2.05, 4.69) is 11.5 Å². The van der Waals surface area contributed by atoms with E-state index in [1.165, 1.54) is 19.3 Å². The van der Waals surface area contributed by atoms with E-state index in [-0.39, 0.29) is 6.17 Å². The van der Waals surface area contributed by atoms with E-state index in [0.29, 0.717) is 0 Å². The Morgan fingerprint density at radius 1 is 1.25 bits per heavy atom. The Bertz CT molecular complexity index is 192. The normalized spacial score (nSPS) is 13.2. The predicted molar refractivity (Wildman–Crippen MR) is 51.8 cm³/mol. The average Bonchev–Trinajstić information content (AvgIpc) is 2.56. The van der Waals surface area contributed by atoms with Crippen LogP contribution in [0.2, 0.25) is 0 Å². The lowest BCUT2D eigenvalue weighted by atomic mass is 10.2. The first-order valence-electron chi connectivity index (χ1n) is 4.72. The van der Waals surface area contributed by atoms with Crippen molar-refractivity contribution < 1.29 is 0 Å². The molecule has 1 atom stereocenters. The van der Waals surface area contributed by atoms with Crippen molar-refractivity contribution in [2.75, 3.05) is 0 Å². The molecule has 2 nitrogen and oxygen atoms in total. The van der Waals surface area contributed by atoms with Gasteiger partial charge in [0.05, 0.1) is 6.17 Å². The number of hydrogen-bond acceptors (Lipinski definition) is 1. The molecule has 0 bridgehead atoms. The lowest BCUT2D eigenvalue weighted by Crippen LogP contribution is -2.16. The quantitative estimate of drug-likeness (QED) is 0.669. The van der Waals surface area contributed by atoms with Crippen molar-refractivity contribution in [2.24, 2.45) is 5.73 Å². The van der Waals surface area contributed by atoms with E-state index in [9.17, 15) is 0 Å². The minimum Gasteiger partial charge on any atom is -0.339 e. The first-order chi connectivity index (χ1) is 5.84. The number of nitrogens with zero attached hydrogens (tertiary/aromatic N) is 1. The van der Waals surface area contributed by atoms with Gasteiger partial charge in [-0.1, -0.05) is 26.2 Å². The second kappa shape index (κ2) is 4.99. The van der Waals surface area contributed by atoms with Gasteiger partial charge in [0, 0.05) is 12.4 Å². The van der Waals surface area contributed by atoms with Crippen LogP contribution in [-0.4, -0.2) is 4.57 Å². The summed E-state index contributed by atoms with van der Waals surface area (Å²) in [7, 11) is 0. The zero-order chi connectivity index (χ0) is 8.81. The summed E-state index contributed by atoms with van der Waals surface area (Å²) < 4.78 is 2.07. The summed E-state index contributed by atoms with van der Waals surface area (Å²) in [5, 5.41) is 0. The third-order valence-corrected chi connectivity index (χ3v) is 2.11. The van der Waals surface area contributed by atoms with Gasteiger partial charge in [-0.25, -0.2) is 0 Å². The molecule has 2 N–H and O–H groups in total. The van der Waals surface area contributed by atoms with E-state index in [1.807, 2.05) is 24.5 Å². The van der Waals surface area contributed by atoms with E-state index in [4.69, 9.17) is 5.73 Å². The summed E-state index contributed by atoms with van der Waals surface area (Å²) in [6.45, 7) is 2.21. The fraction of sp³-hybridized carbons (Fsp3) is 0.600. The Balaban J connectivity index is 2.25. The largest absolute Gasteiger partial charge is 0.339 e. The molecule has 1 unspecified atom stereocenters. The van der Waals surface area contributed by atoms with Crippen molar-refractivity contribution >= 4 is 0 Å². The Hall–Kier alpha value is -0.760. The van der Waals surface area contributed by atoms with Gasteiger partial charge in [0.15, 0.2) is 0 Å². The van der Waals surface area contributed by atoms with Gasteiger partial charge in [-0.2, -0.15) is 0 Å². The first-order valence-corrected chi connectivity index (χ1v) is 4.72. The van der Waals surface area contributed by atoms with E-state index >= 15 is 0 Å². The summed E-state index contributed by atoms with van der Waals surface area (Å²) in [6.07, 6.45) is 9.09. The Labute approximate surface area is 74.4 Å². The smallest absolute Gasteiger partial charge is 0.0808 e. The SMILES string of the molecule is CCCCCC(N)n1cccc1. The highest BCUT2D eigenvalue weighted by Gasteiger charge is 2.01. The summed E-state index contributed by atoms with van der Waals surface area (Å²) >= 11 is 0. The van der Waals surface area contributed by atoms with Crippen LogP contribution in [0.15, 0.2) is 24.5 Å². The highest BCUT2D eigenvalue weighted by atomic mass is 15.1. The second-order valence-electron chi connectivity index (χ2n) is 3.19. The van der Waals surface area contributed by atoms with Crippen LogP contribution in [0.3, 0.4) is 0 Å². The van der Waals surface area contributed by atoms with Gasteiger partial charge in [-0.15, -0.1) is 0 Å². The molecule has 0 fully saturated rings. The van der Waals surface area contributed by atoms with Crippen molar-refractivity contribution in [3.8, 4) is 0 Å². The van der Waals surface area contributed by atoms with Gasteiger partial charge in [0.25, 0.3) is 0 Å². The lowest BCUT2D eigenvalue weighted by molar-refractivity contribution is 0.459. The molecule has 0 spiro atoms. The molecule has 1 rings (SSSR count). The summed E-state index contributed by atoms with van der Waals surface area (Å²) in [4.78, 5) is 0. The minimum absolute atomic E-state index is 0.173. The maximum absolute atomic E-state index is 5.94. The fourth-order valence-electron chi connectivity index (χ4n) is 1.32. The van der Waals surface area contributed by atoms with Crippen molar-refractivity contribution in [1.82, 2.24) is 4.57 Å². The van der Waals surface area contributed by atoms with Crippen LogP contribution in [0.4, 0.5) is 0 Å². The molecule has 68 valence electrons. The van der Waals surface area contributed by atoms with E-state index < -0.39 is 0 Å². The zero-order valence-corrected chi connectivity index (χ0v) is 7.74. The number of aromatic nitrogens is 1. The number of hydrogen-bond donors (Lipinski definition) is 1. The van der Waals surface area contributed by atoms with Gasteiger partial charge in [0.2, 0.25) is 0 Å². The molecule has 0 aromatic carbocycles. The monoisotopic (exact) mass is 166 g/mol. The summed E-state index contributed by atoms with van der Waals surface area (Å²) in [5.41, 5.74) is 5.94. The molecule has 0 radical (unpaired) electrons. The van der Waals surface area contributed by atoms with Crippen LogP contribution in [0.1, 0.15) is 38.8 Å². The average molecular weight is 166 g/mol. The highest BCUT2D eigenvalue weighted by molar-refractivity contribution is 4.92. The topological polar surface area (TPSA) is 30.9 Å². The molecular formula is C10H18N2. The molecule has 0 aliphatic carbocycles. The van der Waals surface area contributed by atoms with Crippen LogP contribution in [-0.2, 0) is 0 Å². The van der Waals surface area contributed by atoms with Crippen molar-refractivity contribution in [1.29, 1.82) is 0 Å². The highest BCUT2D eigenvalue weighted by Crippen LogP contribution is 2.09. The molecule has 1 aromatic heterocycles. The number of rotatable bonds is 5. The third-order valence-electron chi connectivity index (χ3n) is 2.11. The molecule has 1 heterocycles. The standard InChI is InChI=1S/C10H18N2/c1-2-3-4-7-10(11)12-8-5-6-9-12/h5-6,8-10H,2-4,7,11H2,1H3. The Kier molecular flexibility index (Phi) is 3.88. The second-order valence-corrected chi connectivity index (χ2v) is 3.19. The number of nitrogens with two attached hydrogens (primary N) is 1. The molecule has 0 aliphatic rings. The summed E-state index contributed by atoms with van der Waals surface area (Å²) in [5.74, 6) is 0. The van der Waals surface area contributed by atoms with E-state index in [1.54, 1.807) is 0 Å². The van der Waals surface area contributed by atoms with Gasteiger partial charge in [-0.3, -0.25) is 0 Å². The van der Waals surface area contributed by atoms with Gasteiger partial charge in [-0.05, 0) is 18.6 Å². The molecule has 0 amide bonds. The van der Waals surface area contributed by atoms with E-state index in [0.717, 1.165) is 6.42 Å². The van der Waals surface area contributed by atoms with Crippen molar-refractivity contribution in [2.45, 2.75) is 38.8 Å². The Morgan fingerprint density at radius 2 is 1.92 bits per heavy atom. The number of unbranched alkanes of at least 4 members (excludes halogenated alkanes) is 2. The maximum atomic E-state index is 5.94. The lowest BCUT2D eigenvalue weighted by Gasteiger charge is -2.12. The minimum atomic E-state index is 0.173. The zero-order valence-electron chi connectivity index (χ0n) is 7.74. The molecule has 12 heavy (non-hydrogen) atoms. The van der Waals surface area contributed by atoms with Crippen LogP contribution in [0.5, 0.6) is 0 Å². The molecule has 0 aliphatic heterocycles. The maximum Gasteiger partial charge on any atom is 0.0808 e.